The molecule has 1 aliphatic rings. The number of hydrogen-bond donors (Lipinski definition) is 2. The van der Waals surface area contributed by atoms with Crippen molar-refractivity contribution in [2.45, 2.75) is 13.3 Å². The van der Waals surface area contributed by atoms with Gasteiger partial charge in [0.25, 0.3) is 0 Å². The van der Waals surface area contributed by atoms with Crippen LogP contribution in [0, 0.1) is 11.7 Å². The summed E-state index contributed by atoms with van der Waals surface area (Å²) in [6.07, 6.45) is 0.0946. The Labute approximate surface area is 150 Å². The van der Waals surface area contributed by atoms with Crippen LogP contribution in [0.4, 0.5) is 21.5 Å². The normalized spacial score (nSPS) is 16.5. The van der Waals surface area contributed by atoms with Crippen LogP contribution in [0.25, 0.3) is 0 Å². The van der Waals surface area contributed by atoms with Gasteiger partial charge in [-0.1, -0.05) is 6.07 Å². The maximum atomic E-state index is 12.9. The molecule has 1 atom stereocenters. The standard InChI is InChI=1S/C19H18FN3O3/c1-12(24)21-16-3-2-4-17(10-16)23-11-13(9-18(23)25)19(26)22-15-7-5-14(20)6-8-15/h2-8,10,13H,9,11H2,1H3,(H,21,24)(H,22,26). The lowest BCUT2D eigenvalue weighted by molar-refractivity contribution is -0.122. The van der Waals surface area contributed by atoms with Crippen LogP contribution in [0.2, 0.25) is 0 Å². The Morgan fingerprint density at radius 1 is 1.08 bits per heavy atom. The Kier molecular flexibility index (Phi) is 4.97. The van der Waals surface area contributed by atoms with E-state index < -0.39 is 5.92 Å². The van der Waals surface area contributed by atoms with Crippen LogP contribution in [-0.2, 0) is 14.4 Å². The predicted molar refractivity (Wildman–Crippen MR) is 96.2 cm³/mol. The molecule has 1 aliphatic heterocycles. The number of hydrogen-bond acceptors (Lipinski definition) is 3. The molecule has 0 saturated carbocycles. The molecule has 2 N–H and O–H groups in total. The van der Waals surface area contributed by atoms with E-state index >= 15 is 0 Å². The molecule has 0 spiro atoms. The van der Waals surface area contributed by atoms with Gasteiger partial charge in [0.15, 0.2) is 0 Å². The highest BCUT2D eigenvalue weighted by atomic mass is 19.1. The highest BCUT2D eigenvalue weighted by molar-refractivity contribution is 6.04. The zero-order valence-electron chi connectivity index (χ0n) is 14.2. The third-order valence-corrected chi connectivity index (χ3v) is 4.09. The summed E-state index contributed by atoms with van der Waals surface area (Å²) >= 11 is 0. The summed E-state index contributed by atoms with van der Waals surface area (Å²) in [7, 11) is 0. The lowest BCUT2D eigenvalue weighted by Crippen LogP contribution is -2.28. The summed E-state index contributed by atoms with van der Waals surface area (Å²) in [5, 5.41) is 5.37. The average molecular weight is 355 g/mol. The van der Waals surface area contributed by atoms with Gasteiger partial charge in [0, 0.05) is 37.0 Å². The van der Waals surface area contributed by atoms with Gasteiger partial charge in [0.05, 0.1) is 5.92 Å². The Bertz CT molecular complexity index is 851. The lowest BCUT2D eigenvalue weighted by Gasteiger charge is -2.18. The largest absolute Gasteiger partial charge is 0.326 e. The molecule has 0 aliphatic carbocycles. The second-order valence-corrected chi connectivity index (χ2v) is 6.13. The van der Waals surface area contributed by atoms with Crippen molar-refractivity contribution in [1.82, 2.24) is 0 Å². The van der Waals surface area contributed by atoms with Crippen molar-refractivity contribution in [2.24, 2.45) is 5.92 Å². The van der Waals surface area contributed by atoms with E-state index in [4.69, 9.17) is 0 Å². The van der Waals surface area contributed by atoms with E-state index in [1.807, 2.05) is 0 Å². The average Bonchev–Trinajstić information content (AvgIpc) is 2.98. The topological polar surface area (TPSA) is 78.5 Å². The molecule has 1 heterocycles. The Hall–Kier alpha value is -3.22. The van der Waals surface area contributed by atoms with Gasteiger partial charge in [-0.15, -0.1) is 0 Å². The van der Waals surface area contributed by atoms with Gasteiger partial charge in [-0.3, -0.25) is 14.4 Å². The van der Waals surface area contributed by atoms with Crippen molar-refractivity contribution in [3.63, 3.8) is 0 Å². The van der Waals surface area contributed by atoms with Gasteiger partial charge >= 0.3 is 0 Å². The first-order chi connectivity index (χ1) is 12.4. The second kappa shape index (κ2) is 7.35. The molecule has 7 heteroatoms. The molecule has 2 aromatic rings. The SMILES string of the molecule is CC(=O)Nc1cccc(N2CC(C(=O)Nc3ccc(F)cc3)CC2=O)c1. The molecule has 1 fully saturated rings. The molecular formula is C19H18FN3O3. The molecule has 0 radical (unpaired) electrons. The molecule has 134 valence electrons. The first-order valence-electron chi connectivity index (χ1n) is 8.17. The van der Waals surface area contributed by atoms with E-state index in [-0.39, 0.29) is 36.5 Å². The summed E-state index contributed by atoms with van der Waals surface area (Å²) in [5.74, 6) is -1.54. The number of nitrogens with one attached hydrogen (secondary N) is 2. The monoisotopic (exact) mass is 355 g/mol. The van der Waals surface area contributed by atoms with E-state index in [9.17, 15) is 18.8 Å². The van der Waals surface area contributed by atoms with E-state index in [0.717, 1.165) is 0 Å². The quantitative estimate of drug-likeness (QED) is 0.885. The van der Waals surface area contributed by atoms with Gasteiger partial charge in [0.2, 0.25) is 17.7 Å². The van der Waals surface area contributed by atoms with Gasteiger partial charge < -0.3 is 15.5 Å². The molecule has 6 nitrogen and oxygen atoms in total. The Morgan fingerprint density at radius 2 is 1.81 bits per heavy atom. The fourth-order valence-electron chi connectivity index (χ4n) is 2.87. The second-order valence-electron chi connectivity index (χ2n) is 6.13. The molecule has 26 heavy (non-hydrogen) atoms. The molecule has 1 saturated heterocycles. The van der Waals surface area contributed by atoms with Crippen LogP contribution in [0.15, 0.2) is 48.5 Å². The zero-order valence-corrected chi connectivity index (χ0v) is 14.2. The van der Waals surface area contributed by atoms with Crippen LogP contribution in [0.1, 0.15) is 13.3 Å². The van der Waals surface area contributed by atoms with Crippen molar-refractivity contribution < 1.29 is 18.8 Å². The molecule has 1 unspecified atom stereocenters. The van der Waals surface area contributed by atoms with E-state index in [1.165, 1.54) is 36.1 Å². The number of rotatable bonds is 4. The molecule has 3 rings (SSSR count). The number of anilines is 3. The summed E-state index contributed by atoms with van der Waals surface area (Å²) in [4.78, 5) is 37.4. The Balaban J connectivity index is 1.69. The van der Waals surface area contributed by atoms with Gasteiger partial charge in [0.1, 0.15) is 5.82 Å². The maximum Gasteiger partial charge on any atom is 0.229 e. The van der Waals surface area contributed by atoms with Crippen LogP contribution >= 0.6 is 0 Å². The van der Waals surface area contributed by atoms with Crippen LogP contribution in [0.3, 0.4) is 0 Å². The molecule has 3 amide bonds. The fourth-order valence-corrected chi connectivity index (χ4v) is 2.87. The third-order valence-electron chi connectivity index (χ3n) is 4.09. The van der Waals surface area contributed by atoms with Gasteiger partial charge in [-0.05, 0) is 42.5 Å². The number of carbonyl (C=O) groups excluding carboxylic acids is 3. The number of benzene rings is 2. The highest BCUT2D eigenvalue weighted by Gasteiger charge is 2.35. The minimum Gasteiger partial charge on any atom is -0.326 e. The van der Waals surface area contributed by atoms with Gasteiger partial charge in [-0.25, -0.2) is 4.39 Å². The number of carbonyl (C=O) groups is 3. The number of halogens is 1. The summed E-state index contributed by atoms with van der Waals surface area (Å²) in [6.45, 7) is 1.65. The summed E-state index contributed by atoms with van der Waals surface area (Å²) < 4.78 is 12.9. The Morgan fingerprint density at radius 3 is 2.50 bits per heavy atom. The van der Waals surface area contributed by atoms with Crippen molar-refractivity contribution in [3.05, 3.63) is 54.3 Å². The number of nitrogens with zero attached hydrogens (tertiary/aromatic N) is 1. The molecule has 0 bridgehead atoms. The van der Waals surface area contributed by atoms with Crippen molar-refractivity contribution in [1.29, 1.82) is 0 Å². The minimum atomic E-state index is -0.503. The predicted octanol–water partition coefficient (Wildman–Crippen LogP) is 2.78. The van der Waals surface area contributed by atoms with E-state index in [2.05, 4.69) is 10.6 Å². The molecular weight excluding hydrogens is 337 g/mol. The third kappa shape index (κ3) is 4.05. The maximum absolute atomic E-state index is 12.9. The lowest BCUT2D eigenvalue weighted by atomic mass is 10.1. The van der Waals surface area contributed by atoms with Crippen molar-refractivity contribution in [3.8, 4) is 0 Å². The first kappa shape index (κ1) is 17.6. The highest BCUT2D eigenvalue weighted by Crippen LogP contribution is 2.28. The van der Waals surface area contributed by atoms with Crippen LogP contribution < -0.4 is 15.5 Å². The summed E-state index contributed by atoms with van der Waals surface area (Å²) in [5.41, 5.74) is 1.69. The molecule has 0 aromatic heterocycles. The first-order valence-corrected chi connectivity index (χ1v) is 8.17. The fraction of sp³-hybridized carbons (Fsp3) is 0.211. The smallest absolute Gasteiger partial charge is 0.229 e. The zero-order chi connectivity index (χ0) is 18.7. The van der Waals surface area contributed by atoms with Crippen molar-refractivity contribution >= 4 is 34.8 Å². The molecule has 2 aromatic carbocycles. The van der Waals surface area contributed by atoms with E-state index in [0.29, 0.717) is 17.1 Å². The van der Waals surface area contributed by atoms with Crippen LogP contribution in [-0.4, -0.2) is 24.3 Å². The van der Waals surface area contributed by atoms with Crippen LogP contribution in [0.5, 0.6) is 0 Å². The van der Waals surface area contributed by atoms with Crippen molar-refractivity contribution in [2.75, 3.05) is 22.1 Å². The van der Waals surface area contributed by atoms with E-state index in [1.54, 1.807) is 24.3 Å². The number of amides is 3. The summed E-state index contributed by atoms with van der Waals surface area (Å²) in [6, 6.07) is 12.4. The minimum absolute atomic E-state index is 0.0946. The van der Waals surface area contributed by atoms with Gasteiger partial charge in [-0.2, -0.15) is 0 Å².